The van der Waals surface area contributed by atoms with Gasteiger partial charge in [-0.15, -0.1) is 4.36 Å². The van der Waals surface area contributed by atoms with E-state index in [2.05, 4.69) is 20.0 Å². The minimum Gasteiger partial charge on any atom is -0.442 e. The van der Waals surface area contributed by atoms with Crippen molar-refractivity contribution in [2.45, 2.75) is 63.4 Å². The first-order chi connectivity index (χ1) is 19.6. The maximum atomic E-state index is 14.2. The van der Waals surface area contributed by atoms with Crippen LogP contribution < -0.4 is 20.4 Å². The van der Waals surface area contributed by atoms with E-state index >= 15 is 0 Å². The third-order valence-electron chi connectivity index (χ3n) is 6.87. The Bertz CT molecular complexity index is 1450. The van der Waals surface area contributed by atoms with Gasteiger partial charge in [0.2, 0.25) is 11.9 Å². The number of carbonyl (C=O) groups excluding carboxylic acids is 2. The SMILES string of the molecule is Cc1nc(N2CCNCC2)nc(N2CCCC(F)(F)CC2)c1C(=O)Nc1cccc([S@@](C)(=O)=NC(=O)OC(C)(C)C)c1. The molecule has 14 heteroatoms. The Hall–Kier alpha value is -3.39. The molecule has 0 saturated carbocycles. The summed E-state index contributed by atoms with van der Waals surface area (Å²) in [6.45, 7) is 9.99. The number of aryl methyl sites for hydroxylation is 1. The molecule has 11 nitrogen and oxygen atoms in total. The zero-order valence-electron chi connectivity index (χ0n) is 24.7. The van der Waals surface area contributed by atoms with E-state index < -0.39 is 33.3 Å². The number of rotatable bonds is 5. The highest BCUT2D eigenvalue weighted by molar-refractivity contribution is 7.93. The van der Waals surface area contributed by atoms with Crippen LogP contribution >= 0.6 is 0 Å². The second-order valence-electron chi connectivity index (χ2n) is 11.6. The van der Waals surface area contributed by atoms with Crippen LogP contribution in [-0.2, 0) is 14.5 Å². The van der Waals surface area contributed by atoms with Gasteiger partial charge in [0.15, 0.2) is 0 Å². The fourth-order valence-corrected chi connectivity index (χ4v) is 5.90. The van der Waals surface area contributed by atoms with E-state index in [0.717, 1.165) is 13.1 Å². The Labute approximate surface area is 245 Å². The number of piperazine rings is 1. The fraction of sp³-hybridized carbons (Fsp3) is 0.571. The molecule has 1 atom stereocenters. The molecule has 2 fully saturated rings. The van der Waals surface area contributed by atoms with Crippen molar-refractivity contribution >= 4 is 39.2 Å². The van der Waals surface area contributed by atoms with E-state index in [1.165, 1.54) is 12.3 Å². The second-order valence-corrected chi connectivity index (χ2v) is 13.9. The summed E-state index contributed by atoms with van der Waals surface area (Å²) in [5, 5.41) is 6.09. The van der Waals surface area contributed by atoms with E-state index in [1.54, 1.807) is 50.8 Å². The van der Waals surface area contributed by atoms with Crippen molar-refractivity contribution in [1.29, 1.82) is 0 Å². The minimum absolute atomic E-state index is 0.0459. The number of ether oxygens (including phenoxy) is 1. The minimum atomic E-state index is -3.19. The molecule has 1 aromatic heterocycles. The number of aromatic nitrogens is 2. The first-order valence-electron chi connectivity index (χ1n) is 14.0. The molecule has 2 saturated heterocycles. The summed E-state index contributed by atoms with van der Waals surface area (Å²) in [4.78, 5) is 39.3. The quantitative estimate of drug-likeness (QED) is 0.506. The lowest BCUT2D eigenvalue weighted by atomic mass is 10.1. The van der Waals surface area contributed by atoms with Crippen molar-refractivity contribution in [3.63, 3.8) is 0 Å². The van der Waals surface area contributed by atoms with Gasteiger partial charge in [0.05, 0.1) is 15.4 Å². The van der Waals surface area contributed by atoms with Crippen LogP contribution in [-0.4, -0.2) is 83.2 Å². The molecule has 230 valence electrons. The molecular weight excluding hydrogens is 568 g/mol. The van der Waals surface area contributed by atoms with Crippen LogP contribution in [0.15, 0.2) is 33.5 Å². The number of anilines is 3. The molecule has 0 radical (unpaired) electrons. The maximum Gasteiger partial charge on any atom is 0.442 e. The van der Waals surface area contributed by atoms with Gasteiger partial charge in [-0.1, -0.05) is 6.07 Å². The van der Waals surface area contributed by atoms with Gasteiger partial charge in [0.1, 0.15) is 17.0 Å². The normalized spacial score (nSPS) is 18.9. The topological polar surface area (TPSA) is 129 Å². The average Bonchev–Trinajstić information content (AvgIpc) is 3.07. The lowest BCUT2D eigenvalue weighted by Gasteiger charge is -2.30. The smallest absolute Gasteiger partial charge is 0.442 e. The van der Waals surface area contributed by atoms with Crippen LogP contribution in [0.25, 0.3) is 0 Å². The Morgan fingerprint density at radius 1 is 1.10 bits per heavy atom. The summed E-state index contributed by atoms with van der Waals surface area (Å²) in [6.07, 6.45) is 0.0617. The van der Waals surface area contributed by atoms with Crippen LogP contribution in [0.5, 0.6) is 0 Å². The Morgan fingerprint density at radius 3 is 2.50 bits per heavy atom. The number of nitrogens with one attached hydrogen (secondary N) is 2. The molecular formula is C28H39F2N7O4S. The van der Waals surface area contributed by atoms with Gasteiger partial charge in [-0.25, -0.2) is 22.8 Å². The molecule has 3 heterocycles. The summed E-state index contributed by atoms with van der Waals surface area (Å²) in [5.74, 6) is -2.55. The first-order valence-corrected chi connectivity index (χ1v) is 15.9. The average molecular weight is 608 g/mol. The van der Waals surface area contributed by atoms with Crippen LogP contribution in [0.2, 0.25) is 0 Å². The number of hydrogen-bond acceptors (Lipinski definition) is 9. The second kappa shape index (κ2) is 12.5. The lowest BCUT2D eigenvalue weighted by molar-refractivity contribution is -0.0102. The van der Waals surface area contributed by atoms with Gasteiger partial charge in [0, 0.05) is 68.9 Å². The van der Waals surface area contributed by atoms with Crippen molar-refractivity contribution in [2.75, 3.05) is 60.6 Å². The monoisotopic (exact) mass is 607 g/mol. The molecule has 1 aromatic carbocycles. The van der Waals surface area contributed by atoms with Gasteiger partial charge in [-0.2, -0.15) is 4.98 Å². The number of hydrogen-bond donors (Lipinski definition) is 2. The number of amides is 2. The van der Waals surface area contributed by atoms with E-state index in [-0.39, 0.29) is 36.3 Å². The number of carbonyl (C=O) groups is 2. The van der Waals surface area contributed by atoms with Gasteiger partial charge in [-0.3, -0.25) is 4.79 Å². The van der Waals surface area contributed by atoms with Crippen LogP contribution in [0, 0.1) is 6.92 Å². The highest BCUT2D eigenvalue weighted by Gasteiger charge is 2.34. The van der Waals surface area contributed by atoms with Crippen molar-refractivity contribution in [3.05, 3.63) is 35.5 Å². The van der Waals surface area contributed by atoms with Crippen molar-refractivity contribution in [1.82, 2.24) is 15.3 Å². The molecule has 42 heavy (non-hydrogen) atoms. The molecule has 2 aliphatic heterocycles. The summed E-state index contributed by atoms with van der Waals surface area (Å²) in [7, 11) is -3.19. The summed E-state index contributed by atoms with van der Waals surface area (Å²) < 4.78 is 50.7. The number of benzene rings is 1. The molecule has 0 unspecified atom stereocenters. The Balaban J connectivity index is 1.66. The summed E-state index contributed by atoms with van der Waals surface area (Å²) >= 11 is 0. The van der Waals surface area contributed by atoms with Gasteiger partial charge < -0.3 is 25.2 Å². The fourth-order valence-electron chi connectivity index (χ4n) is 4.80. The number of alkyl halides is 2. The molecule has 0 spiro atoms. The van der Waals surface area contributed by atoms with Gasteiger partial charge >= 0.3 is 6.09 Å². The van der Waals surface area contributed by atoms with Crippen LogP contribution in [0.1, 0.15) is 56.1 Å². The summed E-state index contributed by atoms with van der Waals surface area (Å²) in [6, 6.07) is 6.23. The molecule has 2 aromatic rings. The van der Waals surface area contributed by atoms with E-state index in [1.807, 2.05) is 4.90 Å². The first kappa shape index (κ1) is 31.5. The third kappa shape index (κ3) is 8.12. The van der Waals surface area contributed by atoms with E-state index in [4.69, 9.17) is 9.72 Å². The van der Waals surface area contributed by atoms with Crippen LogP contribution in [0.3, 0.4) is 0 Å². The van der Waals surface area contributed by atoms with E-state index in [9.17, 15) is 22.6 Å². The number of halogens is 2. The predicted molar refractivity (Wildman–Crippen MR) is 158 cm³/mol. The standard InChI is InChI=1S/C28H39F2N7O4S/c1-19-22(24(38)33-20-8-6-9-21(18-20)42(5,40)35-26(39)41-27(2,3)4)23(36-14-7-10-28(29,30)11-15-36)34-25(32-19)37-16-12-31-13-17-37/h6,8-9,18,31H,7,10-17H2,1-5H3,(H,33,38)/t42-/m1/s1. The predicted octanol–water partition coefficient (Wildman–Crippen LogP) is 4.46. The summed E-state index contributed by atoms with van der Waals surface area (Å²) in [5.41, 5.74) is 0.107. The molecule has 2 N–H and O–H groups in total. The maximum absolute atomic E-state index is 14.2. The highest BCUT2D eigenvalue weighted by Crippen LogP contribution is 2.32. The van der Waals surface area contributed by atoms with Crippen LogP contribution in [0.4, 0.5) is 31.0 Å². The number of nitrogens with zero attached hydrogens (tertiary/aromatic N) is 5. The zero-order chi connectivity index (χ0) is 30.7. The van der Waals surface area contributed by atoms with Crippen molar-refractivity contribution < 1.29 is 27.3 Å². The highest BCUT2D eigenvalue weighted by atomic mass is 32.2. The molecule has 0 bridgehead atoms. The largest absolute Gasteiger partial charge is 0.442 e. The molecule has 4 rings (SSSR count). The Morgan fingerprint density at radius 2 is 1.81 bits per heavy atom. The lowest BCUT2D eigenvalue weighted by Crippen LogP contribution is -2.44. The zero-order valence-corrected chi connectivity index (χ0v) is 25.5. The molecule has 0 aliphatic carbocycles. The Kier molecular flexibility index (Phi) is 9.36. The third-order valence-corrected chi connectivity index (χ3v) is 8.50. The molecule has 2 amide bonds. The van der Waals surface area contributed by atoms with Gasteiger partial charge in [-0.05, 0) is 52.3 Å². The van der Waals surface area contributed by atoms with E-state index in [0.29, 0.717) is 42.8 Å². The van der Waals surface area contributed by atoms with Gasteiger partial charge in [0.25, 0.3) is 5.91 Å². The van der Waals surface area contributed by atoms with Crippen molar-refractivity contribution in [3.8, 4) is 0 Å². The van der Waals surface area contributed by atoms with Crippen molar-refractivity contribution in [2.24, 2.45) is 4.36 Å². The molecule has 2 aliphatic rings.